The highest BCUT2D eigenvalue weighted by Crippen LogP contribution is 2.42. The van der Waals surface area contributed by atoms with Gasteiger partial charge in [0.05, 0.1) is 12.2 Å². The van der Waals surface area contributed by atoms with Crippen LogP contribution in [0.1, 0.15) is 47.0 Å². The van der Waals surface area contributed by atoms with Crippen molar-refractivity contribution in [2.24, 2.45) is 11.7 Å². The number of thiophene rings is 1. The monoisotopic (exact) mass is 293 g/mol. The fourth-order valence-electron chi connectivity index (χ4n) is 3.98. The first-order valence-corrected chi connectivity index (χ1v) is 8.66. The Morgan fingerprint density at radius 2 is 2.30 bits per heavy atom. The van der Waals surface area contributed by atoms with E-state index < -0.39 is 0 Å². The Bertz CT molecular complexity index is 471. The summed E-state index contributed by atoms with van der Waals surface area (Å²) in [6.45, 7) is 2.44. The minimum atomic E-state index is -0.0273. The Balaban J connectivity index is 1.51. The maximum Gasteiger partial charge on any atom is 0.0940 e. The van der Waals surface area contributed by atoms with Gasteiger partial charge < -0.3 is 15.2 Å². The highest BCUT2D eigenvalue weighted by molar-refractivity contribution is 7.12. The molecule has 0 saturated carbocycles. The van der Waals surface area contributed by atoms with Crippen LogP contribution in [0.4, 0.5) is 0 Å². The molecule has 0 aromatic carbocycles. The van der Waals surface area contributed by atoms with Crippen LogP contribution in [0.15, 0.2) is 6.07 Å². The summed E-state index contributed by atoms with van der Waals surface area (Å²) < 4.78 is 11.6. The number of nitrogens with two attached hydrogens (primary N) is 1. The van der Waals surface area contributed by atoms with Crippen molar-refractivity contribution >= 4 is 11.3 Å². The molecule has 4 rings (SSSR count). The van der Waals surface area contributed by atoms with Crippen molar-refractivity contribution in [3.8, 4) is 0 Å². The summed E-state index contributed by atoms with van der Waals surface area (Å²) in [4.78, 5) is 2.98. The van der Waals surface area contributed by atoms with E-state index in [2.05, 4.69) is 6.07 Å². The lowest BCUT2D eigenvalue weighted by Crippen LogP contribution is -2.43. The minimum Gasteiger partial charge on any atom is -0.378 e. The van der Waals surface area contributed by atoms with E-state index in [4.69, 9.17) is 15.2 Å². The average molecular weight is 293 g/mol. The van der Waals surface area contributed by atoms with Crippen LogP contribution < -0.4 is 5.73 Å². The van der Waals surface area contributed by atoms with Gasteiger partial charge in [-0.05, 0) is 49.7 Å². The molecule has 0 bridgehead atoms. The smallest absolute Gasteiger partial charge is 0.0940 e. The molecule has 3 heterocycles. The van der Waals surface area contributed by atoms with Gasteiger partial charge in [0, 0.05) is 35.4 Å². The van der Waals surface area contributed by atoms with E-state index in [0.717, 1.165) is 39.1 Å². The molecule has 1 spiro atoms. The number of rotatable bonds is 2. The zero-order chi connectivity index (χ0) is 13.6. The molecule has 2 N–H and O–H groups in total. The molecule has 1 aromatic heterocycles. The molecule has 110 valence electrons. The molecule has 20 heavy (non-hydrogen) atoms. The molecule has 1 aliphatic carbocycles. The van der Waals surface area contributed by atoms with E-state index in [1.54, 1.807) is 10.4 Å². The molecule has 3 unspecified atom stereocenters. The lowest BCUT2D eigenvalue weighted by atomic mass is 9.81. The van der Waals surface area contributed by atoms with Gasteiger partial charge in [-0.2, -0.15) is 0 Å². The first-order chi connectivity index (χ1) is 9.76. The Morgan fingerprint density at radius 1 is 1.35 bits per heavy atom. The van der Waals surface area contributed by atoms with E-state index in [1.807, 2.05) is 11.3 Å². The van der Waals surface area contributed by atoms with E-state index in [-0.39, 0.29) is 11.6 Å². The summed E-state index contributed by atoms with van der Waals surface area (Å²) in [6, 6.07) is 2.57. The summed E-state index contributed by atoms with van der Waals surface area (Å²) in [7, 11) is 0. The normalized spacial score (nSPS) is 34.5. The van der Waals surface area contributed by atoms with Gasteiger partial charge in [-0.15, -0.1) is 11.3 Å². The third kappa shape index (κ3) is 2.23. The zero-order valence-corrected chi connectivity index (χ0v) is 12.7. The fraction of sp³-hybridized carbons (Fsp3) is 0.750. The number of ether oxygens (including phenoxy) is 2. The standard InChI is InChI=1S/C16H23NO2S/c17-15(14-8-11-2-1-3-13(11)20-14)12-4-6-19-16(9-12)5-7-18-10-16/h8,12,15H,1-7,9-10,17H2. The Labute approximate surface area is 124 Å². The molecule has 1 aromatic rings. The highest BCUT2D eigenvalue weighted by Gasteiger charge is 2.42. The molecule has 3 aliphatic rings. The third-order valence-corrected chi connectivity index (χ3v) is 6.54. The van der Waals surface area contributed by atoms with Crippen LogP contribution in [-0.2, 0) is 22.3 Å². The van der Waals surface area contributed by atoms with E-state index in [1.165, 1.54) is 24.1 Å². The van der Waals surface area contributed by atoms with Crippen LogP contribution in [-0.4, -0.2) is 25.4 Å². The van der Waals surface area contributed by atoms with Gasteiger partial charge in [0.2, 0.25) is 0 Å². The van der Waals surface area contributed by atoms with Crippen LogP contribution in [0.3, 0.4) is 0 Å². The summed E-state index contributed by atoms with van der Waals surface area (Å²) >= 11 is 1.96. The van der Waals surface area contributed by atoms with E-state index in [0.29, 0.717) is 5.92 Å². The lowest BCUT2D eigenvalue weighted by Gasteiger charge is -2.39. The van der Waals surface area contributed by atoms with Crippen molar-refractivity contribution in [2.75, 3.05) is 19.8 Å². The molecule has 2 aliphatic heterocycles. The van der Waals surface area contributed by atoms with Gasteiger partial charge in [0.25, 0.3) is 0 Å². The number of fused-ring (bicyclic) bond motifs is 1. The van der Waals surface area contributed by atoms with E-state index >= 15 is 0 Å². The summed E-state index contributed by atoms with van der Waals surface area (Å²) in [5.74, 6) is 0.546. The second kappa shape index (κ2) is 5.09. The van der Waals surface area contributed by atoms with Crippen molar-refractivity contribution in [1.29, 1.82) is 0 Å². The summed E-state index contributed by atoms with van der Waals surface area (Å²) in [6.07, 6.45) is 7.04. The maximum atomic E-state index is 6.60. The van der Waals surface area contributed by atoms with Crippen LogP contribution in [0, 0.1) is 5.92 Å². The molecular weight excluding hydrogens is 270 g/mol. The van der Waals surface area contributed by atoms with E-state index in [9.17, 15) is 0 Å². The predicted molar refractivity (Wildman–Crippen MR) is 80.1 cm³/mol. The number of aryl methyl sites for hydroxylation is 2. The van der Waals surface area contributed by atoms with Gasteiger partial charge in [0.1, 0.15) is 0 Å². The van der Waals surface area contributed by atoms with Crippen LogP contribution in [0.5, 0.6) is 0 Å². The van der Waals surface area contributed by atoms with Gasteiger partial charge >= 0.3 is 0 Å². The van der Waals surface area contributed by atoms with Crippen molar-refractivity contribution < 1.29 is 9.47 Å². The van der Waals surface area contributed by atoms with Gasteiger partial charge in [-0.3, -0.25) is 0 Å². The predicted octanol–water partition coefficient (Wildman–Crippen LogP) is 2.82. The van der Waals surface area contributed by atoms with Crippen molar-refractivity contribution in [2.45, 2.75) is 50.2 Å². The van der Waals surface area contributed by atoms with Crippen LogP contribution in [0.25, 0.3) is 0 Å². The van der Waals surface area contributed by atoms with Gasteiger partial charge in [-0.1, -0.05) is 0 Å². The molecule has 0 amide bonds. The van der Waals surface area contributed by atoms with Gasteiger partial charge in [-0.25, -0.2) is 0 Å². The molecule has 0 radical (unpaired) electrons. The quantitative estimate of drug-likeness (QED) is 0.912. The molecule has 3 atom stereocenters. The Kier molecular flexibility index (Phi) is 3.38. The Morgan fingerprint density at radius 3 is 3.10 bits per heavy atom. The zero-order valence-electron chi connectivity index (χ0n) is 11.9. The minimum absolute atomic E-state index is 0.0273. The SMILES string of the molecule is NC(c1cc2c(s1)CCC2)C1CCOC2(CCOC2)C1. The molecule has 2 fully saturated rings. The van der Waals surface area contributed by atoms with Crippen molar-refractivity contribution in [3.05, 3.63) is 21.4 Å². The highest BCUT2D eigenvalue weighted by atomic mass is 32.1. The fourth-order valence-corrected chi connectivity index (χ4v) is 5.34. The molecule has 4 heteroatoms. The average Bonchev–Trinajstić information content (AvgIpc) is 3.13. The van der Waals surface area contributed by atoms with Gasteiger partial charge in [0.15, 0.2) is 0 Å². The summed E-state index contributed by atoms with van der Waals surface area (Å²) in [5, 5.41) is 0. The van der Waals surface area contributed by atoms with Crippen molar-refractivity contribution in [3.63, 3.8) is 0 Å². The third-order valence-electron chi connectivity index (χ3n) is 5.20. The largest absolute Gasteiger partial charge is 0.378 e. The lowest BCUT2D eigenvalue weighted by molar-refractivity contribution is -0.101. The number of hydrogen-bond acceptors (Lipinski definition) is 4. The first kappa shape index (κ1) is 13.3. The maximum absolute atomic E-state index is 6.60. The van der Waals surface area contributed by atoms with Crippen LogP contribution >= 0.6 is 11.3 Å². The Hall–Kier alpha value is -0.420. The first-order valence-electron chi connectivity index (χ1n) is 7.85. The van der Waals surface area contributed by atoms with Crippen molar-refractivity contribution in [1.82, 2.24) is 0 Å². The number of hydrogen-bond donors (Lipinski definition) is 1. The second-order valence-electron chi connectivity index (χ2n) is 6.56. The van der Waals surface area contributed by atoms with Crippen LogP contribution in [0.2, 0.25) is 0 Å². The summed E-state index contributed by atoms with van der Waals surface area (Å²) in [5.41, 5.74) is 8.13. The second-order valence-corrected chi connectivity index (χ2v) is 7.73. The molecular formula is C16H23NO2S. The topological polar surface area (TPSA) is 44.5 Å². The molecule has 2 saturated heterocycles. The molecule has 3 nitrogen and oxygen atoms in total.